The Morgan fingerprint density at radius 2 is 2.03 bits per heavy atom. The van der Waals surface area contributed by atoms with Crippen LogP contribution in [0.3, 0.4) is 0 Å². The van der Waals surface area contributed by atoms with Gasteiger partial charge in [0.25, 0.3) is 5.91 Å². The first-order chi connectivity index (χ1) is 16.1. The van der Waals surface area contributed by atoms with Crippen LogP contribution in [0.25, 0.3) is 0 Å². The molecule has 3 rings (SSSR count). The molecule has 0 heterocycles. The van der Waals surface area contributed by atoms with Gasteiger partial charge in [-0.1, -0.05) is 64.3 Å². The molecule has 188 valence electrons. The molecular weight excluding hydrogens is 446 g/mol. The number of nitrogens with zero attached hydrogens (tertiary/aromatic N) is 3. The number of hydrogen-bond donors (Lipinski definition) is 2. The number of aryl methyl sites for hydroxylation is 1. The molecule has 1 amide bonds. The molecule has 0 spiro atoms. The lowest BCUT2D eigenvalue weighted by molar-refractivity contribution is -0.123. The van der Waals surface area contributed by atoms with E-state index in [0.717, 1.165) is 41.8 Å². The molecule has 2 aliphatic rings. The molecule has 1 aromatic carbocycles. The summed E-state index contributed by atoms with van der Waals surface area (Å²) in [4.78, 5) is 18.1. The van der Waals surface area contributed by atoms with Gasteiger partial charge < -0.3 is 10.6 Å². The number of benzene rings is 1. The Labute approximate surface area is 210 Å². The highest BCUT2D eigenvalue weighted by molar-refractivity contribution is 6.31. The third-order valence-corrected chi connectivity index (χ3v) is 8.48. The molecule has 2 N–H and O–H groups in total. The van der Waals surface area contributed by atoms with Gasteiger partial charge in [-0.2, -0.15) is 10.2 Å². The Morgan fingerprint density at radius 3 is 2.65 bits per heavy atom. The second kappa shape index (κ2) is 11.2. The van der Waals surface area contributed by atoms with E-state index in [4.69, 9.17) is 11.6 Å². The largest absolute Gasteiger partial charge is 0.367 e. The van der Waals surface area contributed by atoms with Crippen LogP contribution >= 0.6 is 11.6 Å². The smallest absolute Gasteiger partial charge is 0.254 e. The standard InChI is InChI=1S/C27H42ClN5O/c1-7-8-9-14-31-33-22(23(29-6)30-17-19-10-11-21(28)18(2)15-19)24(34)32-25-26(3,4)20-12-13-27(25,5)16-20/h10-11,15,20,22,25H,7-9,12-14,16-17H2,1-6H3,(H,29,30)(H,32,34). The predicted molar refractivity (Wildman–Crippen MR) is 141 cm³/mol. The Kier molecular flexibility index (Phi) is 8.77. The fourth-order valence-electron chi connectivity index (χ4n) is 5.99. The van der Waals surface area contributed by atoms with E-state index in [1.165, 1.54) is 12.8 Å². The third-order valence-electron chi connectivity index (χ3n) is 8.06. The first kappa shape index (κ1) is 26.7. The summed E-state index contributed by atoms with van der Waals surface area (Å²) in [6.07, 6.45) is 6.80. The van der Waals surface area contributed by atoms with Crippen LogP contribution in [-0.2, 0) is 11.3 Å². The zero-order chi connectivity index (χ0) is 24.9. The van der Waals surface area contributed by atoms with Gasteiger partial charge in [0.1, 0.15) is 5.84 Å². The van der Waals surface area contributed by atoms with Crippen molar-refractivity contribution in [3.05, 3.63) is 34.3 Å². The minimum atomic E-state index is -0.779. The fraction of sp³-hybridized carbons (Fsp3) is 0.704. The summed E-state index contributed by atoms with van der Waals surface area (Å²) >= 11 is 6.17. The van der Waals surface area contributed by atoms with Crippen molar-refractivity contribution in [2.24, 2.45) is 32.0 Å². The van der Waals surface area contributed by atoms with Crippen molar-refractivity contribution in [1.29, 1.82) is 0 Å². The van der Waals surface area contributed by atoms with Gasteiger partial charge in [0.15, 0.2) is 0 Å². The average Bonchev–Trinajstić information content (AvgIpc) is 3.28. The number of amidine groups is 1. The SMILES string of the molecule is CCCCCN=NC(C(=O)NC1C2(C)CCC(C2)C1(C)C)C(=NC)NCc1ccc(Cl)c(C)c1. The molecule has 7 heteroatoms. The van der Waals surface area contributed by atoms with E-state index in [0.29, 0.717) is 24.8 Å². The van der Waals surface area contributed by atoms with Gasteiger partial charge in [0.05, 0.1) is 6.54 Å². The van der Waals surface area contributed by atoms with Gasteiger partial charge in [-0.15, -0.1) is 0 Å². The molecule has 34 heavy (non-hydrogen) atoms. The zero-order valence-corrected chi connectivity index (χ0v) is 22.5. The number of nitrogens with one attached hydrogen (secondary N) is 2. The summed E-state index contributed by atoms with van der Waals surface area (Å²) in [5, 5.41) is 16.3. The van der Waals surface area contributed by atoms with Crippen LogP contribution in [0.1, 0.15) is 77.3 Å². The number of aliphatic imine (C=N–C) groups is 1. The van der Waals surface area contributed by atoms with Crippen LogP contribution < -0.4 is 10.6 Å². The number of fused-ring (bicyclic) bond motifs is 2. The summed E-state index contributed by atoms with van der Waals surface area (Å²) in [6.45, 7) is 12.2. The summed E-state index contributed by atoms with van der Waals surface area (Å²) in [6, 6.07) is 5.27. The molecule has 4 unspecified atom stereocenters. The highest BCUT2D eigenvalue weighted by atomic mass is 35.5. The molecule has 2 saturated carbocycles. The fourth-order valence-corrected chi connectivity index (χ4v) is 6.11. The van der Waals surface area contributed by atoms with Crippen LogP contribution in [0.2, 0.25) is 5.02 Å². The summed E-state index contributed by atoms with van der Waals surface area (Å²) < 4.78 is 0. The monoisotopic (exact) mass is 487 g/mol. The van der Waals surface area contributed by atoms with E-state index in [9.17, 15) is 4.79 Å². The van der Waals surface area contributed by atoms with Crippen LogP contribution in [-0.4, -0.2) is 37.4 Å². The Bertz CT molecular complexity index is 923. The number of hydrogen-bond acceptors (Lipinski definition) is 4. The highest BCUT2D eigenvalue weighted by Gasteiger charge is 2.60. The van der Waals surface area contributed by atoms with E-state index in [2.05, 4.69) is 53.5 Å². The quantitative estimate of drug-likeness (QED) is 0.181. The lowest BCUT2D eigenvalue weighted by Gasteiger charge is -2.43. The van der Waals surface area contributed by atoms with Crippen molar-refractivity contribution in [1.82, 2.24) is 10.6 Å². The number of carbonyl (C=O) groups excluding carboxylic acids is 1. The lowest BCUT2D eigenvalue weighted by Crippen LogP contribution is -2.56. The van der Waals surface area contributed by atoms with E-state index in [-0.39, 0.29) is 22.8 Å². The highest BCUT2D eigenvalue weighted by Crippen LogP contribution is 2.62. The van der Waals surface area contributed by atoms with Gasteiger partial charge in [-0.25, -0.2) is 0 Å². The average molecular weight is 488 g/mol. The number of carbonyl (C=O) groups is 1. The molecule has 0 aromatic heterocycles. The van der Waals surface area contributed by atoms with E-state index in [1.807, 2.05) is 25.1 Å². The first-order valence-electron chi connectivity index (χ1n) is 12.7. The summed E-state index contributed by atoms with van der Waals surface area (Å²) in [7, 11) is 1.70. The molecule has 4 atom stereocenters. The number of halogens is 1. The van der Waals surface area contributed by atoms with Crippen molar-refractivity contribution in [2.45, 2.75) is 91.8 Å². The molecule has 2 bridgehead atoms. The maximum Gasteiger partial charge on any atom is 0.254 e. The van der Waals surface area contributed by atoms with Crippen molar-refractivity contribution in [3.63, 3.8) is 0 Å². The molecule has 2 aliphatic carbocycles. The van der Waals surface area contributed by atoms with Crippen molar-refractivity contribution >= 4 is 23.3 Å². The predicted octanol–water partition coefficient (Wildman–Crippen LogP) is 6.11. The number of azo groups is 1. The lowest BCUT2D eigenvalue weighted by atomic mass is 9.68. The molecular formula is C27H42ClN5O. The van der Waals surface area contributed by atoms with Crippen LogP contribution in [0.4, 0.5) is 0 Å². The number of rotatable bonds is 10. The molecule has 2 fully saturated rings. The zero-order valence-electron chi connectivity index (χ0n) is 21.7. The van der Waals surface area contributed by atoms with Crippen LogP contribution in [0.15, 0.2) is 33.4 Å². The van der Waals surface area contributed by atoms with Gasteiger partial charge in [-0.3, -0.25) is 9.79 Å². The molecule has 1 aromatic rings. The van der Waals surface area contributed by atoms with E-state index < -0.39 is 6.04 Å². The topological polar surface area (TPSA) is 78.2 Å². The van der Waals surface area contributed by atoms with Crippen LogP contribution in [0.5, 0.6) is 0 Å². The third kappa shape index (κ3) is 5.81. The van der Waals surface area contributed by atoms with Gasteiger partial charge in [0, 0.05) is 24.7 Å². The second-order valence-corrected chi connectivity index (χ2v) is 11.4. The molecule has 0 radical (unpaired) electrons. The molecule has 0 aliphatic heterocycles. The maximum absolute atomic E-state index is 13.6. The number of unbranched alkanes of at least 4 members (excludes halogenated alkanes) is 2. The van der Waals surface area contributed by atoms with E-state index >= 15 is 0 Å². The number of amides is 1. The van der Waals surface area contributed by atoms with Gasteiger partial charge in [-0.05, 0) is 66.5 Å². The van der Waals surface area contributed by atoms with Crippen molar-refractivity contribution < 1.29 is 4.79 Å². The van der Waals surface area contributed by atoms with Crippen molar-refractivity contribution in [3.8, 4) is 0 Å². The van der Waals surface area contributed by atoms with E-state index in [1.54, 1.807) is 7.05 Å². The minimum Gasteiger partial charge on any atom is -0.367 e. The maximum atomic E-state index is 13.6. The van der Waals surface area contributed by atoms with Gasteiger partial charge >= 0.3 is 0 Å². The summed E-state index contributed by atoms with van der Waals surface area (Å²) in [5.74, 6) is 1.07. The normalized spacial score (nSPS) is 26.7. The Hall–Kier alpha value is -1.95. The Morgan fingerprint density at radius 1 is 1.26 bits per heavy atom. The first-order valence-corrected chi connectivity index (χ1v) is 13.1. The molecule has 0 saturated heterocycles. The van der Waals surface area contributed by atoms with Gasteiger partial charge in [0.2, 0.25) is 6.04 Å². The minimum absolute atomic E-state index is 0.0727. The summed E-state index contributed by atoms with van der Waals surface area (Å²) in [5.41, 5.74) is 2.31. The Balaban J connectivity index is 1.76. The van der Waals surface area contributed by atoms with Crippen molar-refractivity contribution in [2.75, 3.05) is 13.6 Å². The van der Waals surface area contributed by atoms with Crippen LogP contribution in [0, 0.1) is 23.7 Å². The molecule has 6 nitrogen and oxygen atoms in total. The second-order valence-electron chi connectivity index (χ2n) is 11.0.